The molecule has 6 nitrogen and oxygen atoms in total. The van der Waals surface area contributed by atoms with E-state index in [1.807, 2.05) is 0 Å². The first-order valence-electron chi connectivity index (χ1n) is 7.23. The molecule has 0 amide bonds. The quantitative estimate of drug-likeness (QED) is 0.473. The van der Waals surface area contributed by atoms with E-state index in [2.05, 4.69) is 4.90 Å². The zero-order valence-electron chi connectivity index (χ0n) is 12.2. The molecule has 0 saturated carbocycles. The molecule has 0 spiro atoms. The number of carbonyl (C=O) groups excluding carboxylic acids is 1. The van der Waals surface area contributed by atoms with Crippen LogP contribution in [-0.4, -0.2) is 35.5 Å². The highest BCUT2D eigenvalue weighted by molar-refractivity contribution is 5.72. The molecule has 1 atom stereocenters. The number of ether oxygens (including phenoxy) is 1. The van der Waals surface area contributed by atoms with Crippen molar-refractivity contribution < 1.29 is 14.5 Å². The summed E-state index contributed by atoms with van der Waals surface area (Å²) in [4.78, 5) is 24.6. The van der Waals surface area contributed by atoms with Gasteiger partial charge in [-0.15, -0.1) is 0 Å². The van der Waals surface area contributed by atoms with Crippen LogP contribution in [0, 0.1) is 16.0 Å². The Labute approximate surface area is 123 Å². The van der Waals surface area contributed by atoms with Gasteiger partial charge in [-0.2, -0.15) is 0 Å². The summed E-state index contributed by atoms with van der Waals surface area (Å²) < 4.78 is 5.07. The SMILES string of the molecule is CCOC(=O)C1CCCN(Cc2ccccc2[N+](=O)[O-])C1. The van der Waals surface area contributed by atoms with E-state index in [1.165, 1.54) is 6.07 Å². The molecule has 21 heavy (non-hydrogen) atoms. The Hall–Kier alpha value is -1.95. The van der Waals surface area contributed by atoms with E-state index in [4.69, 9.17) is 4.74 Å². The van der Waals surface area contributed by atoms with Crippen molar-refractivity contribution in [2.45, 2.75) is 26.3 Å². The first-order chi connectivity index (χ1) is 10.1. The molecule has 0 bridgehead atoms. The molecular formula is C15H20N2O4. The van der Waals surface area contributed by atoms with Crippen molar-refractivity contribution in [3.8, 4) is 0 Å². The minimum atomic E-state index is -0.359. The Balaban J connectivity index is 2.03. The fourth-order valence-electron chi connectivity index (χ4n) is 2.72. The summed E-state index contributed by atoms with van der Waals surface area (Å²) in [6, 6.07) is 6.75. The molecule has 1 aromatic rings. The first kappa shape index (κ1) is 15.4. The third kappa shape index (κ3) is 4.01. The third-order valence-corrected chi connectivity index (χ3v) is 3.71. The van der Waals surface area contributed by atoms with Crippen molar-refractivity contribution in [3.63, 3.8) is 0 Å². The molecule has 0 N–H and O–H groups in total. The number of rotatable bonds is 5. The lowest BCUT2D eigenvalue weighted by Crippen LogP contribution is -2.39. The van der Waals surface area contributed by atoms with Gasteiger partial charge in [-0.1, -0.05) is 18.2 Å². The molecule has 1 fully saturated rings. The summed E-state index contributed by atoms with van der Waals surface area (Å²) in [7, 11) is 0. The zero-order chi connectivity index (χ0) is 15.2. The number of likely N-dealkylation sites (tertiary alicyclic amines) is 1. The minimum absolute atomic E-state index is 0.124. The van der Waals surface area contributed by atoms with Crippen LogP contribution in [0.1, 0.15) is 25.3 Å². The van der Waals surface area contributed by atoms with E-state index < -0.39 is 0 Å². The molecule has 0 aromatic heterocycles. The molecule has 1 aromatic carbocycles. The van der Waals surface area contributed by atoms with Gasteiger partial charge in [0.25, 0.3) is 5.69 Å². The normalized spacial score (nSPS) is 19.2. The number of piperidine rings is 1. The molecule has 1 heterocycles. The predicted octanol–water partition coefficient (Wildman–Crippen LogP) is 2.37. The highest BCUT2D eigenvalue weighted by atomic mass is 16.6. The summed E-state index contributed by atoms with van der Waals surface area (Å²) in [6.45, 7) is 4.13. The summed E-state index contributed by atoms with van der Waals surface area (Å²) in [5.41, 5.74) is 0.822. The summed E-state index contributed by atoms with van der Waals surface area (Å²) >= 11 is 0. The second kappa shape index (κ2) is 7.17. The molecular weight excluding hydrogens is 272 g/mol. The van der Waals surface area contributed by atoms with E-state index in [9.17, 15) is 14.9 Å². The van der Waals surface area contributed by atoms with Gasteiger partial charge in [-0.3, -0.25) is 19.8 Å². The maximum absolute atomic E-state index is 11.8. The van der Waals surface area contributed by atoms with Gasteiger partial charge >= 0.3 is 5.97 Å². The van der Waals surface area contributed by atoms with Crippen LogP contribution in [0.4, 0.5) is 5.69 Å². The van der Waals surface area contributed by atoms with Gasteiger partial charge in [0.05, 0.1) is 17.4 Å². The Morgan fingerprint density at radius 3 is 2.95 bits per heavy atom. The van der Waals surface area contributed by atoms with E-state index in [-0.39, 0.29) is 22.5 Å². The molecule has 1 aliphatic heterocycles. The fraction of sp³-hybridized carbons (Fsp3) is 0.533. The number of hydrogen-bond acceptors (Lipinski definition) is 5. The highest BCUT2D eigenvalue weighted by Crippen LogP contribution is 2.24. The van der Waals surface area contributed by atoms with Crippen LogP contribution in [-0.2, 0) is 16.1 Å². The van der Waals surface area contributed by atoms with Gasteiger partial charge in [0.15, 0.2) is 0 Å². The van der Waals surface area contributed by atoms with Crippen LogP contribution in [0.3, 0.4) is 0 Å². The second-order valence-electron chi connectivity index (χ2n) is 5.21. The summed E-state index contributed by atoms with van der Waals surface area (Å²) in [5, 5.41) is 11.0. The van der Waals surface area contributed by atoms with Gasteiger partial charge in [-0.25, -0.2) is 0 Å². The van der Waals surface area contributed by atoms with Crippen molar-refractivity contribution in [2.24, 2.45) is 5.92 Å². The van der Waals surface area contributed by atoms with E-state index in [1.54, 1.807) is 25.1 Å². The maximum Gasteiger partial charge on any atom is 0.310 e. The zero-order valence-corrected chi connectivity index (χ0v) is 12.2. The number of para-hydroxylation sites is 1. The van der Waals surface area contributed by atoms with Crippen LogP contribution in [0.25, 0.3) is 0 Å². The van der Waals surface area contributed by atoms with Crippen molar-refractivity contribution >= 4 is 11.7 Å². The van der Waals surface area contributed by atoms with Gasteiger partial charge in [0, 0.05) is 24.7 Å². The van der Waals surface area contributed by atoms with E-state index in [0.29, 0.717) is 25.3 Å². The monoisotopic (exact) mass is 292 g/mol. The molecule has 0 aliphatic carbocycles. The highest BCUT2D eigenvalue weighted by Gasteiger charge is 2.27. The van der Waals surface area contributed by atoms with Crippen LogP contribution in [0.5, 0.6) is 0 Å². The second-order valence-corrected chi connectivity index (χ2v) is 5.21. The molecule has 2 rings (SSSR count). The smallest absolute Gasteiger partial charge is 0.310 e. The van der Waals surface area contributed by atoms with E-state index >= 15 is 0 Å². The van der Waals surface area contributed by atoms with Crippen LogP contribution in [0.15, 0.2) is 24.3 Å². The number of benzene rings is 1. The van der Waals surface area contributed by atoms with Crippen molar-refractivity contribution in [2.75, 3.05) is 19.7 Å². The lowest BCUT2D eigenvalue weighted by Gasteiger charge is -2.31. The standard InChI is InChI=1S/C15H20N2O4/c1-2-21-15(18)13-7-5-9-16(11-13)10-12-6-3-4-8-14(12)17(19)20/h3-4,6,8,13H,2,5,7,9-11H2,1H3. The van der Waals surface area contributed by atoms with E-state index in [0.717, 1.165) is 19.4 Å². The first-order valence-corrected chi connectivity index (χ1v) is 7.23. The minimum Gasteiger partial charge on any atom is -0.466 e. The van der Waals surface area contributed by atoms with Crippen molar-refractivity contribution in [1.82, 2.24) is 4.90 Å². The molecule has 1 aliphatic rings. The number of carbonyl (C=O) groups is 1. The topological polar surface area (TPSA) is 72.7 Å². The lowest BCUT2D eigenvalue weighted by atomic mass is 9.97. The average molecular weight is 292 g/mol. The number of nitro benzene ring substituents is 1. The Morgan fingerprint density at radius 1 is 1.48 bits per heavy atom. The fourth-order valence-corrected chi connectivity index (χ4v) is 2.72. The maximum atomic E-state index is 11.8. The molecule has 1 unspecified atom stereocenters. The molecule has 0 radical (unpaired) electrons. The third-order valence-electron chi connectivity index (χ3n) is 3.71. The van der Waals surface area contributed by atoms with Crippen LogP contribution >= 0.6 is 0 Å². The summed E-state index contributed by atoms with van der Waals surface area (Å²) in [6.07, 6.45) is 1.73. The lowest BCUT2D eigenvalue weighted by molar-refractivity contribution is -0.385. The van der Waals surface area contributed by atoms with Gasteiger partial charge in [-0.05, 0) is 26.3 Å². The largest absolute Gasteiger partial charge is 0.466 e. The summed E-state index contributed by atoms with van der Waals surface area (Å²) in [5.74, 6) is -0.286. The van der Waals surface area contributed by atoms with Crippen molar-refractivity contribution in [3.05, 3.63) is 39.9 Å². The Morgan fingerprint density at radius 2 is 2.24 bits per heavy atom. The average Bonchev–Trinajstić information content (AvgIpc) is 2.48. The van der Waals surface area contributed by atoms with Gasteiger partial charge in [0.1, 0.15) is 0 Å². The Kier molecular flexibility index (Phi) is 5.27. The Bertz CT molecular complexity index is 518. The van der Waals surface area contributed by atoms with Gasteiger partial charge in [0.2, 0.25) is 0 Å². The number of nitrogens with zero attached hydrogens (tertiary/aromatic N) is 2. The van der Waals surface area contributed by atoms with Gasteiger partial charge < -0.3 is 4.74 Å². The number of esters is 1. The number of hydrogen-bond donors (Lipinski definition) is 0. The molecule has 1 saturated heterocycles. The van der Waals surface area contributed by atoms with Crippen molar-refractivity contribution in [1.29, 1.82) is 0 Å². The molecule has 114 valence electrons. The predicted molar refractivity (Wildman–Crippen MR) is 77.7 cm³/mol. The van der Waals surface area contributed by atoms with Crippen LogP contribution in [0.2, 0.25) is 0 Å². The number of nitro groups is 1. The van der Waals surface area contributed by atoms with Crippen LogP contribution < -0.4 is 0 Å². The molecule has 6 heteroatoms.